The van der Waals surface area contributed by atoms with Crippen molar-refractivity contribution in [3.05, 3.63) is 23.8 Å². The van der Waals surface area contributed by atoms with Crippen LogP contribution in [0.15, 0.2) is 23.8 Å². The van der Waals surface area contributed by atoms with Crippen LogP contribution in [0.2, 0.25) is 0 Å². The maximum absolute atomic E-state index is 12.5. The lowest BCUT2D eigenvalue weighted by Crippen LogP contribution is -2.55. The van der Waals surface area contributed by atoms with Crippen LogP contribution in [0.3, 0.4) is 0 Å². The Hall–Kier alpha value is -1.23. The summed E-state index contributed by atoms with van der Waals surface area (Å²) >= 11 is 0. The molecule has 1 amide bonds. The molecule has 0 aromatic rings. The summed E-state index contributed by atoms with van der Waals surface area (Å²) in [7, 11) is 0. The fraction of sp³-hybridized carbons (Fsp3) is 0.500. The van der Waals surface area contributed by atoms with E-state index in [1.807, 2.05) is 0 Å². The molecule has 2 N–H and O–H groups in total. The third-order valence-electron chi connectivity index (χ3n) is 2.26. The monoisotopic (exact) mass is 217 g/mol. The van der Waals surface area contributed by atoms with E-state index in [0.717, 1.165) is 0 Å². The van der Waals surface area contributed by atoms with Crippen molar-refractivity contribution in [2.75, 3.05) is 20.0 Å². The molecule has 84 valence electrons. The molecule has 0 saturated carbocycles. The Morgan fingerprint density at radius 3 is 2.60 bits per heavy atom. The lowest BCUT2D eigenvalue weighted by atomic mass is 10.0. The Labute approximate surface area is 86.5 Å². The fourth-order valence-electron chi connectivity index (χ4n) is 1.16. The number of rotatable bonds is 5. The van der Waals surface area contributed by atoms with Gasteiger partial charge in [-0.2, -0.15) is 0 Å². The largest absolute Gasteiger partial charge is 0.394 e. The first kappa shape index (κ1) is 11.8. The number of carbonyl (C=O) groups is 1. The second-order valence-electron chi connectivity index (χ2n) is 3.48. The molecule has 1 rings (SSSR count). The molecule has 0 aromatic carbocycles. The molecule has 0 aliphatic heterocycles. The van der Waals surface area contributed by atoms with E-state index in [2.05, 4.69) is 5.32 Å². The summed E-state index contributed by atoms with van der Waals surface area (Å²) in [5.74, 6) is -0.538. The first-order chi connectivity index (χ1) is 7.17. The van der Waals surface area contributed by atoms with Gasteiger partial charge in [0.15, 0.2) is 0 Å². The van der Waals surface area contributed by atoms with Crippen LogP contribution in [-0.2, 0) is 4.79 Å². The van der Waals surface area contributed by atoms with Gasteiger partial charge in [0.25, 0.3) is 0 Å². The average Bonchev–Trinajstić information content (AvgIpc) is 2.79. The molecule has 0 aromatic heterocycles. The van der Waals surface area contributed by atoms with Crippen LogP contribution in [0, 0.1) is 0 Å². The highest BCUT2D eigenvalue weighted by Crippen LogP contribution is 2.13. The van der Waals surface area contributed by atoms with Crippen LogP contribution >= 0.6 is 0 Å². The third kappa shape index (κ3) is 2.62. The van der Waals surface area contributed by atoms with Crippen molar-refractivity contribution >= 4 is 5.91 Å². The van der Waals surface area contributed by atoms with Gasteiger partial charge in [-0.1, -0.05) is 18.2 Å². The highest BCUT2D eigenvalue weighted by atomic mass is 19.1. The van der Waals surface area contributed by atoms with Gasteiger partial charge in [-0.15, -0.1) is 0 Å². The highest BCUT2D eigenvalue weighted by molar-refractivity contribution is 5.95. The normalized spacial score (nSPS) is 15.3. The maximum atomic E-state index is 12.5. The van der Waals surface area contributed by atoms with Crippen LogP contribution < -0.4 is 5.32 Å². The van der Waals surface area contributed by atoms with Crippen LogP contribution in [-0.4, -0.2) is 36.5 Å². The summed E-state index contributed by atoms with van der Waals surface area (Å²) in [5, 5.41) is 11.0. The summed E-state index contributed by atoms with van der Waals surface area (Å²) in [5.41, 5.74) is -1.35. The minimum Gasteiger partial charge on any atom is -0.394 e. The number of hydrogen-bond donors (Lipinski definition) is 2. The van der Waals surface area contributed by atoms with E-state index in [1.165, 1.54) is 0 Å². The Bertz CT molecular complexity index is 288. The summed E-state index contributed by atoms with van der Waals surface area (Å²) < 4.78 is 25.0. The molecule has 0 radical (unpaired) electrons. The van der Waals surface area contributed by atoms with Gasteiger partial charge >= 0.3 is 0 Å². The SMILES string of the molecule is O=C(NC(CO)(CF)CF)C1=CC=CC1. The van der Waals surface area contributed by atoms with E-state index in [0.29, 0.717) is 12.0 Å². The fourth-order valence-corrected chi connectivity index (χ4v) is 1.16. The van der Waals surface area contributed by atoms with Gasteiger partial charge in [0, 0.05) is 5.57 Å². The number of carbonyl (C=O) groups excluding carboxylic acids is 1. The molecule has 0 spiro atoms. The first-order valence-corrected chi connectivity index (χ1v) is 4.58. The predicted molar refractivity (Wildman–Crippen MR) is 51.7 cm³/mol. The quantitative estimate of drug-likeness (QED) is 0.710. The Kier molecular flexibility index (Phi) is 3.96. The van der Waals surface area contributed by atoms with Crippen LogP contribution in [0.1, 0.15) is 6.42 Å². The van der Waals surface area contributed by atoms with Crippen LogP contribution in [0.5, 0.6) is 0 Å². The lowest BCUT2D eigenvalue weighted by Gasteiger charge is -2.26. The number of amides is 1. The van der Waals surface area contributed by atoms with Crippen molar-refractivity contribution in [1.29, 1.82) is 0 Å². The van der Waals surface area contributed by atoms with E-state index in [4.69, 9.17) is 5.11 Å². The molecule has 0 unspecified atom stereocenters. The van der Waals surface area contributed by atoms with Gasteiger partial charge < -0.3 is 10.4 Å². The average molecular weight is 217 g/mol. The van der Waals surface area contributed by atoms with Gasteiger partial charge in [0.1, 0.15) is 18.9 Å². The molecule has 5 heteroatoms. The van der Waals surface area contributed by atoms with Gasteiger partial charge in [-0.05, 0) is 6.42 Å². The van der Waals surface area contributed by atoms with E-state index in [1.54, 1.807) is 18.2 Å². The zero-order valence-electron chi connectivity index (χ0n) is 8.17. The first-order valence-electron chi connectivity index (χ1n) is 4.58. The van der Waals surface area contributed by atoms with E-state index in [-0.39, 0.29) is 0 Å². The summed E-state index contributed by atoms with van der Waals surface area (Å²) in [4.78, 5) is 11.5. The molecule has 0 bridgehead atoms. The predicted octanol–water partition coefficient (Wildman–Crippen LogP) is 0.659. The molecule has 0 heterocycles. The molecule has 0 fully saturated rings. The number of allylic oxidation sites excluding steroid dienone is 3. The number of aliphatic hydroxyl groups excluding tert-OH is 1. The minimum absolute atomic E-state index is 0.440. The molecule has 1 aliphatic carbocycles. The standard InChI is InChI=1S/C10H13F2NO2/c11-5-10(6-12,7-14)13-9(15)8-3-1-2-4-8/h1-3,14H,4-7H2,(H,13,15). The Morgan fingerprint density at radius 2 is 2.20 bits per heavy atom. The van der Waals surface area contributed by atoms with Crippen molar-refractivity contribution in [2.45, 2.75) is 12.0 Å². The van der Waals surface area contributed by atoms with Crippen molar-refractivity contribution in [1.82, 2.24) is 5.32 Å². The summed E-state index contributed by atoms with van der Waals surface area (Å²) in [6.07, 6.45) is 5.49. The van der Waals surface area contributed by atoms with Crippen molar-refractivity contribution in [3.63, 3.8) is 0 Å². The molecular weight excluding hydrogens is 204 g/mol. The highest BCUT2D eigenvalue weighted by Gasteiger charge is 2.32. The maximum Gasteiger partial charge on any atom is 0.248 e. The molecule has 3 nitrogen and oxygen atoms in total. The summed E-state index contributed by atoms with van der Waals surface area (Å²) in [6.45, 7) is -3.02. The molecule has 0 atom stereocenters. The van der Waals surface area contributed by atoms with Crippen molar-refractivity contribution < 1.29 is 18.7 Å². The van der Waals surface area contributed by atoms with Crippen LogP contribution in [0.4, 0.5) is 8.78 Å². The second-order valence-corrected chi connectivity index (χ2v) is 3.48. The topological polar surface area (TPSA) is 49.3 Å². The van der Waals surface area contributed by atoms with Crippen LogP contribution in [0.25, 0.3) is 0 Å². The van der Waals surface area contributed by atoms with Crippen molar-refractivity contribution in [2.24, 2.45) is 0 Å². The Morgan fingerprint density at radius 1 is 1.53 bits per heavy atom. The van der Waals surface area contributed by atoms with E-state index in [9.17, 15) is 13.6 Å². The second kappa shape index (κ2) is 5.02. The number of hydrogen-bond acceptors (Lipinski definition) is 2. The number of aliphatic hydroxyl groups is 1. The van der Waals surface area contributed by atoms with Gasteiger partial charge in [0.05, 0.1) is 6.61 Å². The Balaban J connectivity index is 2.62. The number of nitrogens with one attached hydrogen (secondary N) is 1. The molecule has 0 saturated heterocycles. The zero-order valence-corrected chi connectivity index (χ0v) is 8.17. The van der Waals surface area contributed by atoms with Gasteiger partial charge in [-0.25, -0.2) is 8.78 Å². The van der Waals surface area contributed by atoms with E-state index < -0.39 is 31.4 Å². The molecular formula is C10H13F2NO2. The van der Waals surface area contributed by atoms with Gasteiger partial charge in [-0.3, -0.25) is 4.79 Å². The lowest BCUT2D eigenvalue weighted by molar-refractivity contribution is -0.120. The van der Waals surface area contributed by atoms with Gasteiger partial charge in [0.2, 0.25) is 5.91 Å². The molecule has 15 heavy (non-hydrogen) atoms. The third-order valence-corrected chi connectivity index (χ3v) is 2.26. The number of halogens is 2. The van der Waals surface area contributed by atoms with Crippen molar-refractivity contribution in [3.8, 4) is 0 Å². The number of alkyl halides is 2. The molecule has 1 aliphatic rings. The smallest absolute Gasteiger partial charge is 0.248 e. The summed E-state index contributed by atoms with van der Waals surface area (Å²) in [6, 6.07) is 0. The minimum atomic E-state index is -1.79. The zero-order chi connectivity index (χ0) is 11.3. The van der Waals surface area contributed by atoms with E-state index >= 15 is 0 Å².